The van der Waals surface area contributed by atoms with Crippen molar-refractivity contribution in [2.24, 2.45) is 0 Å². The molecule has 0 aliphatic heterocycles. The van der Waals surface area contributed by atoms with Crippen LogP contribution in [0.3, 0.4) is 0 Å². The van der Waals surface area contributed by atoms with E-state index in [1.54, 1.807) is 6.92 Å². The Bertz CT molecular complexity index is 254. The van der Waals surface area contributed by atoms with Crippen molar-refractivity contribution in [1.82, 2.24) is 0 Å². The van der Waals surface area contributed by atoms with Crippen LogP contribution in [0.25, 0.3) is 0 Å². The molecule has 0 fully saturated rings. The highest BCUT2D eigenvalue weighted by Gasteiger charge is 2.26. The van der Waals surface area contributed by atoms with Gasteiger partial charge in [0.2, 0.25) is 0 Å². The molecule has 0 aromatic carbocycles. The van der Waals surface area contributed by atoms with Crippen LogP contribution < -0.4 is 0 Å². The number of carbonyl (C=O) groups excluding carboxylic acids is 1. The summed E-state index contributed by atoms with van der Waals surface area (Å²) in [5, 5.41) is 0. The van der Waals surface area contributed by atoms with Gasteiger partial charge in [-0.25, -0.2) is 4.39 Å². The van der Waals surface area contributed by atoms with E-state index in [-0.39, 0.29) is 25.2 Å². The number of rotatable bonds is 5. The molecule has 0 aromatic heterocycles. The van der Waals surface area contributed by atoms with Gasteiger partial charge in [-0.15, -0.1) is 0 Å². The Morgan fingerprint density at radius 3 is 1.68 bits per heavy atom. The second-order valence-corrected chi connectivity index (χ2v) is 3.75. The molecule has 136 valence electrons. The highest BCUT2D eigenvalue weighted by atomic mass is 19.4. The first kappa shape index (κ1) is 29.0. The molecule has 0 N–H and O–H groups in total. The maximum atomic E-state index is 10.9. The van der Waals surface area contributed by atoms with Crippen LogP contribution in [0.4, 0.5) is 26.3 Å². The molecule has 0 heterocycles. The summed E-state index contributed by atoms with van der Waals surface area (Å²) in [6.07, 6.45) is -3.53. The zero-order valence-corrected chi connectivity index (χ0v) is 13.7. The van der Waals surface area contributed by atoms with Crippen LogP contribution in [0.5, 0.6) is 0 Å². The molecule has 22 heavy (non-hydrogen) atoms. The molecule has 0 aromatic rings. The van der Waals surface area contributed by atoms with Gasteiger partial charge in [-0.1, -0.05) is 13.5 Å². The molecule has 0 amide bonds. The Labute approximate surface area is 128 Å². The summed E-state index contributed by atoms with van der Waals surface area (Å²) < 4.78 is 66.6. The van der Waals surface area contributed by atoms with Crippen LogP contribution in [0.15, 0.2) is 12.2 Å². The van der Waals surface area contributed by atoms with E-state index in [0.29, 0.717) is 12.8 Å². The molecule has 0 saturated heterocycles. The summed E-state index contributed by atoms with van der Waals surface area (Å²) in [6, 6.07) is 0. The molecule has 0 saturated carbocycles. The van der Waals surface area contributed by atoms with Crippen molar-refractivity contribution in [2.45, 2.75) is 46.4 Å². The molecular weight excluding hydrogens is 314 g/mol. The van der Waals surface area contributed by atoms with Gasteiger partial charge in [0.25, 0.3) is 0 Å². The lowest BCUT2D eigenvalue weighted by atomic mass is 10.2. The quantitative estimate of drug-likeness (QED) is 0.518. The van der Waals surface area contributed by atoms with Crippen molar-refractivity contribution < 1.29 is 35.9 Å². The first-order chi connectivity index (χ1) is 10.0. The maximum absolute atomic E-state index is 10.9. The van der Waals surface area contributed by atoms with Gasteiger partial charge in [0.15, 0.2) is 12.5 Å². The molecule has 2 nitrogen and oxygen atoms in total. The third-order valence-electron chi connectivity index (χ3n) is 1.70. The topological polar surface area (TPSA) is 26.3 Å². The van der Waals surface area contributed by atoms with Gasteiger partial charge >= 0.3 is 6.18 Å². The SMILES string of the molecule is C=C(C)C(=O)COC(C)CC.CCF.CF.FCC(F)(F)F. The zero-order valence-electron chi connectivity index (χ0n) is 13.7. The van der Waals surface area contributed by atoms with E-state index in [9.17, 15) is 31.1 Å². The fourth-order valence-corrected chi connectivity index (χ4v) is 0.459. The largest absolute Gasteiger partial charge is 0.416 e. The third-order valence-corrected chi connectivity index (χ3v) is 1.70. The predicted octanol–water partition coefficient (Wildman–Crippen LogP) is 5.03. The van der Waals surface area contributed by atoms with Gasteiger partial charge in [0.1, 0.15) is 6.61 Å². The normalized spacial score (nSPS) is 10.7. The van der Waals surface area contributed by atoms with E-state index in [4.69, 9.17) is 4.74 Å². The number of halogens is 6. The van der Waals surface area contributed by atoms with E-state index < -0.39 is 12.9 Å². The summed E-state index contributed by atoms with van der Waals surface area (Å²) in [6.45, 7) is 8.35. The number of hydrogen-bond donors (Lipinski definition) is 0. The molecule has 0 aliphatic carbocycles. The van der Waals surface area contributed by atoms with Gasteiger partial charge in [-0.2, -0.15) is 13.2 Å². The number of carbonyl (C=O) groups is 1. The van der Waals surface area contributed by atoms with Crippen molar-refractivity contribution in [3.8, 4) is 0 Å². The molecule has 1 unspecified atom stereocenters. The summed E-state index contributed by atoms with van der Waals surface area (Å²) in [5.74, 6) is -0.00898. The number of alkyl halides is 6. The predicted molar refractivity (Wildman–Crippen MR) is 76.2 cm³/mol. The monoisotopic (exact) mass is 340 g/mol. The van der Waals surface area contributed by atoms with Crippen molar-refractivity contribution in [3.05, 3.63) is 12.2 Å². The Morgan fingerprint density at radius 1 is 1.18 bits per heavy atom. The second-order valence-electron chi connectivity index (χ2n) is 3.75. The molecule has 0 radical (unpaired) electrons. The first-order valence-corrected chi connectivity index (χ1v) is 6.42. The minimum atomic E-state index is -4.62. The highest BCUT2D eigenvalue weighted by molar-refractivity contribution is 5.95. The summed E-state index contributed by atoms with van der Waals surface area (Å²) in [7, 11) is 0.500. The van der Waals surface area contributed by atoms with Gasteiger partial charge in [-0.3, -0.25) is 13.6 Å². The van der Waals surface area contributed by atoms with Crippen LogP contribution in [0.1, 0.15) is 34.1 Å². The number of hydrogen-bond acceptors (Lipinski definition) is 2. The van der Waals surface area contributed by atoms with Crippen molar-refractivity contribution in [1.29, 1.82) is 0 Å². The fourth-order valence-electron chi connectivity index (χ4n) is 0.459. The molecule has 1 atom stereocenters. The highest BCUT2D eigenvalue weighted by Crippen LogP contribution is 2.13. The van der Waals surface area contributed by atoms with E-state index in [1.807, 2.05) is 13.8 Å². The van der Waals surface area contributed by atoms with Crippen LogP contribution in [-0.2, 0) is 9.53 Å². The molecule has 8 heteroatoms. The molecule has 0 bridgehead atoms. The van der Waals surface area contributed by atoms with Crippen LogP contribution in [0.2, 0.25) is 0 Å². The second kappa shape index (κ2) is 19.9. The molecule has 0 aliphatic rings. The summed E-state index contributed by atoms with van der Waals surface area (Å²) >= 11 is 0. The van der Waals surface area contributed by atoms with E-state index in [0.717, 1.165) is 6.42 Å². The van der Waals surface area contributed by atoms with E-state index in [1.165, 1.54) is 6.92 Å². The van der Waals surface area contributed by atoms with E-state index >= 15 is 0 Å². The Hall–Kier alpha value is -1.05. The summed E-state index contributed by atoms with van der Waals surface area (Å²) in [5.41, 5.74) is 0.563. The Morgan fingerprint density at radius 2 is 1.50 bits per heavy atom. The Balaban J connectivity index is -0.000000124. The smallest absolute Gasteiger partial charge is 0.370 e. The van der Waals surface area contributed by atoms with E-state index in [2.05, 4.69) is 6.58 Å². The number of Topliss-reactive ketones (excluding diaryl/α,β-unsaturated/α-hetero) is 1. The third kappa shape index (κ3) is 36.4. The average molecular weight is 340 g/mol. The lowest BCUT2D eigenvalue weighted by Gasteiger charge is -2.08. The number of ether oxygens (including phenoxy) is 1. The minimum Gasteiger partial charge on any atom is -0.370 e. The van der Waals surface area contributed by atoms with Gasteiger partial charge in [-0.05, 0) is 32.8 Å². The van der Waals surface area contributed by atoms with Gasteiger partial charge in [0.05, 0.1) is 20.0 Å². The van der Waals surface area contributed by atoms with Crippen molar-refractivity contribution >= 4 is 5.78 Å². The van der Waals surface area contributed by atoms with Crippen LogP contribution in [-0.4, -0.2) is 45.2 Å². The van der Waals surface area contributed by atoms with Gasteiger partial charge in [0, 0.05) is 0 Å². The van der Waals surface area contributed by atoms with Crippen molar-refractivity contribution in [3.63, 3.8) is 0 Å². The minimum absolute atomic E-state index is 0.00898. The maximum Gasteiger partial charge on any atom is 0.416 e. The fraction of sp³-hybridized carbons (Fsp3) is 0.786. The molecule has 0 rings (SSSR count). The Kier molecular flexibility index (Phi) is 26.3. The molecular formula is C14H26F6O2. The van der Waals surface area contributed by atoms with Crippen LogP contribution in [0, 0.1) is 0 Å². The molecule has 0 spiro atoms. The summed E-state index contributed by atoms with van der Waals surface area (Å²) in [4.78, 5) is 10.9. The lowest BCUT2D eigenvalue weighted by Crippen LogP contribution is -2.15. The zero-order chi connectivity index (χ0) is 18.8. The van der Waals surface area contributed by atoms with Crippen LogP contribution >= 0.6 is 0 Å². The first-order valence-electron chi connectivity index (χ1n) is 6.42. The van der Waals surface area contributed by atoms with Gasteiger partial charge < -0.3 is 4.74 Å². The lowest BCUT2D eigenvalue weighted by molar-refractivity contribution is -0.142. The average Bonchev–Trinajstić information content (AvgIpc) is 2.47. The number of ketones is 1. The van der Waals surface area contributed by atoms with Crippen molar-refractivity contribution in [2.75, 3.05) is 27.1 Å². The standard InChI is InChI=1S/C9H16O2.C2H2F4.C2H5F.CH3F/c1-5-8(4)11-6-9(10)7(2)3;3-1-2(4,5)6;1-2-3;1-2/h8H,2,5-6H2,1,3-4H3;1H2;2H2,1H3;1H3.